The van der Waals surface area contributed by atoms with E-state index in [-0.39, 0.29) is 22.7 Å². The molecule has 3 rings (SSSR count). The Labute approximate surface area is 119 Å². The van der Waals surface area contributed by atoms with Gasteiger partial charge in [0.1, 0.15) is 23.5 Å². The summed E-state index contributed by atoms with van der Waals surface area (Å²) in [5.74, 6) is 0.254. The van der Waals surface area contributed by atoms with E-state index in [0.717, 1.165) is 5.69 Å². The van der Waals surface area contributed by atoms with E-state index in [1.54, 1.807) is 4.68 Å². The summed E-state index contributed by atoms with van der Waals surface area (Å²) in [4.78, 5) is 11.7. The molecule has 100 valence electrons. The molecule has 0 aliphatic carbocycles. The Morgan fingerprint density at radius 1 is 1.10 bits per heavy atom. The van der Waals surface area contributed by atoms with Crippen molar-refractivity contribution in [2.45, 2.75) is 0 Å². The van der Waals surface area contributed by atoms with Crippen LogP contribution in [0.25, 0.3) is 5.69 Å². The van der Waals surface area contributed by atoms with Crippen LogP contribution in [0.15, 0.2) is 43.0 Å². The topological polar surface area (TPSA) is 91.7 Å². The fraction of sp³-hybridized carbons (Fsp3) is 0. The van der Waals surface area contributed by atoms with E-state index < -0.39 is 0 Å². The highest BCUT2D eigenvalue weighted by Crippen LogP contribution is 2.28. The van der Waals surface area contributed by atoms with Crippen molar-refractivity contribution in [3.63, 3.8) is 0 Å². The molecule has 3 aromatic rings. The maximum absolute atomic E-state index is 5.93. The van der Waals surface area contributed by atoms with Crippen molar-refractivity contribution in [3.8, 4) is 17.6 Å². The van der Waals surface area contributed by atoms with Gasteiger partial charge in [0.25, 0.3) is 0 Å². The number of benzene rings is 1. The molecule has 2 aromatic heterocycles. The van der Waals surface area contributed by atoms with E-state index in [1.165, 1.54) is 12.7 Å². The van der Waals surface area contributed by atoms with E-state index in [9.17, 15) is 0 Å². The minimum absolute atomic E-state index is 0.116. The zero-order chi connectivity index (χ0) is 13.9. The van der Waals surface area contributed by atoms with Crippen molar-refractivity contribution in [2.75, 3.05) is 5.73 Å². The van der Waals surface area contributed by atoms with E-state index in [0.29, 0.717) is 0 Å². The number of halogens is 1. The molecule has 7 nitrogen and oxygen atoms in total. The highest BCUT2D eigenvalue weighted by atomic mass is 35.5. The first-order valence-electron chi connectivity index (χ1n) is 5.65. The largest absolute Gasteiger partial charge is 0.402 e. The molecule has 0 atom stereocenters. The second-order valence-corrected chi connectivity index (χ2v) is 4.17. The second kappa shape index (κ2) is 5.14. The van der Waals surface area contributed by atoms with Crippen LogP contribution in [0.3, 0.4) is 0 Å². The van der Waals surface area contributed by atoms with Crippen LogP contribution in [0.5, 0.6) is 11.9 Å². The van der Waals surface area contributed by atoms with Gasteiger partial charge in [0.15, 0.2) is 0 Å². The summed E-state index contributed by atoms with van der Waals surface area (Å²) in [5, 5.41) is 4.30. The molecule has 0 unspecified atom stereocenters. The van der Waals surface area contributed by atoms with Crippen LogP contribution in [0.1, 0.15) is 0 Å². The number of nitrogen functional groups attached to an aromatic ring is 1. The van der Waals surface area contributed by atoms with E-state index >= 15 is 0 Å². The molecule has 8 heteroatoms. The van der Waals surface area contributed by atoms with Gasteiger partial charge in [0, 0.05) is 0 Å². The third-order valence-electron chi connectivity index (χ3n) is 2.46. The van der Waals surface area contributed by atoms with Crippen molar-refractivity contribution >= 4 is 17.4 Å². The van der Waals surface area contributed by atoms with Gasteiger partial charge in [-0.15, -0.1) is 5.10 Å². The second-order valence-electron chi connectivity index (χ2n) is 3.79. The summed E-state index contributed by atoms with van der Waals surface area (Å²) in [5.41, 5.74) is 6.43. The van der Waals surface area contributed by atoms with Crippen LogP contribution >= 0.6 is 11.6 Å². The molecule has 1 aromatic carbocycles. The number of hydrogen-bond acceptors (Lipinski definition) is 6. The number of ether oxygens (including phenoxy) is 1. The average molecular weight is 289 g/mol. The smallest absolute Gasteiger partial charge is 0.342 e. The van der Waals surface area contributed by atoms with E-state index in [4.69, 9.17) is 22.1 Å². The Balaban J connectivity index is 1.86. The first-order chi connectivity index (χ1) is 9.74. The highest BCUT2D eigenvalue weighted by Gasteiger charge is 2.11. The number of aromatic nitrogens is 5. The quantitative estimate of drug-likeness (QED) is 0.793. The molecule has 2 heterocycles. The van der Waals surface area contributed by atoms with Crippen LogP contribution in [-0.4, -0.2) is 24.7 Å². The van der Waals surface area contributed by atoms with E-state index in [2.05, 4.69) is 20.1 Å². The number of hydrogen-bond donors (Lipinski definition) is 1. The normalized spacial score (nSPS) is 10.4. The minimum atomic E-state index is 0.116. The molecular formula is C12H9ClN6O. The SMILES string of the molecule is Nc1ncnc(Oc2ncn(-c3ccccc3)n2)c1Cl. The number of anilines is 1. The molecular weight excluding hydrogens is 280 g/mol. The number of nitrogens with two attached hydrogens (primary N) is 1. The average Bonchev–Trinajstić information content (AvgIpc) is 2.93. The summed E-state index contributed by atoms with van der Waals surface area (Å²) >= 11 is 5.93. The number of rotatable bonds is 3. The van der Waals surface area contributed by atoms with Crippen LogP contribution in [0, 0.1) is 0 Å². The van der Waals surface area contributed by atoms with Gasteiger partial charge < -0.3 is 10.5 Å². The molecule has 0 bridgehead atoms. The maximum atomic E-state index is 5.93. The predicted molar refractivity (Wildman–Crippen MR) is 72.9 cm³/mol. The van der Waals surface area contributed by atoms with Gasteiger partial charge in [-0.3, -0.25) is 0 Å². The van der Waals surface area contributed by atoms with Crippen molar-refractivity contribution in [2.24, 2.45) is 0 Å². The van der Waals surface area contributed by atoms with Crippen molar-refractivity contribution < 1.29 is 4.74 Å². The molecule has 0 spiro atoms. The number of nitrogens with zero attached hydrogens (tertiary/aromatic N) is 5. The molecule has 0 aliphatic heterocycles. The van der Waals surface area contributed by atoms with E-state index in [1.807, 2.05) is 30.3 Å². The Morgan fingerprint density at radius 2 is 1.90 bits per heavy atom. The fourth-order valence-electron chi connectivity index (χ4n) is 1.52. The Morgan fingerprint density at radius 3 is 2.70 bits per heavy atom. The lowest BCUT2D eigenvalue weighted by molar-refractivity contribution is 0.424. The van der Waals surface area contributed by atoms with Crippen molar-refractivity contribution in [1.82, 2.24) is 24.7 Å². The van der Waals surface area contributed by atoms with Gasteiger partial charge in [-0.25, -0.2) is 9.67 Å². The summed E-state index contributed by atoms with van der Waals surface area (Å²) < 4.78 is 6.96. The van der Waals surface area contributed by atoms with Crippen LogP contribution in [0.2, 0.25) is 5.02 Å². The molecule has 0 saturated heterocycles. The summed E-state index contributed by atoms with van der Waals surface area (Å²) in [6.07, 6.45) is 2.79. The first kappa shape index (κ1) is 12.4. The molecule has 0 radical (unpaired) electrons. The zero-order valence-electron chi connectivity index (χ0n) is 10.1. The lowest BCUT2D eigenvalue weighted by Crippen LogP contribution is -1.98. The lowest BCUT2D eigenvalue weighted by Gasteiger charge is -2.03. The fourth-order valence-corrected chi connectivity index (χ4v) is 1.66. The van der Waals surface area contributed by atoms with Gasteiger partial charge >= 0.3 is 6.01 Å². The highest BCUT2D eigenvalue weighted by molar-refractivity contribution is 6.34. The third kappa shape index (κ3) is 2.39. The Kier molecular flexibility index (Phi) is 3.18. The van der Waals surface area contributed by atoms with Crippen LogP contribution in [-0.2, 0) is 0 Å². The summed E-state index contributed by atoms with van der Waals surface area (Å²) in [7, 11) is 0. The first-order valence-corrected chi connectivity index (χ1v) is 6.03. The predicted octanol–water partition coefficient (Wildman–Crippen LogP) is 2.09. The Hall–Kier alpha value is -2.67. The van der Waals surface area contributed by atoms with Gasteiger partial charge in [0.2, 0.25) is 5.88 Å². The van der Waals surface area contributed by atoms with Gasteiger partial charge in [-0.2, -0.15) is 9.97 Å². The maximum Gasteiger partial charge on any atom is 0.342 e. The Bertz CT molecular complexity index is 730. The molecule has 0 saturated carbocycles. The van der Waals surface area contributed by atoms with Gasteiger partial charge in [-0.1, -0.05) is 29.8 Å². The monoisotopic (exact) mass is 288 g/mol. The number of para-hydroxylation sites is 1. The minimum Gasteiger partial charge on any atom is -0.402 e. The third-order valence-corrected chi connectivity index (χ3v) is 2.82. The lowest BCUT2D eigenvalue weighted by atomic mass is 10.3. The molecule has 0 fully saturated rings. The molecule has 20 heavy (non-hydrogen) atoms. The molecule has 0 amide bonds. The van der Waals surface area contributed by atoms with Crippen molar-refractivity contribution in [1.29, 1.82) is 0 Å². The van der Waals surface area contributed by atoms with Crippen LogP contribution in [0.4, 0.5) is 5.82 Å². The van der Waals surface area contributed by atoms with Crippen LogP contribution < -0.4 is 10.5 Å². The summed E-state index contributed by atoms with van der Waals surface area (Å²) in [6, 6.07) is 9.64. The van der Waals surface area contributed by atoms with Gasteiger partial charge in [-0.05, 0) is 12.1 Å². The molecule has 0 aliphatic rings. The zero-order valence-corrected chi connectivity index (χ0v) is 10.9. The standard InChI is InChI=1S/C12H9ClN6O/c13-9-10(14)15-6-16-11(9)20-12-17-7-19(18-12)8-4-2-1-3-5-8/h1-7H,(H2,14,15,16). The van der Waals surface area contributed by atoms with Gasteiger partial charge in [0.05, 0.1) is 5.69 Å². The summed E-state index contributed by atoms with van der Waals surface area (Å²) in [6.45, 7) is 0. The van der Waals surface area contributed by atoms with Crippen molar-refractivity contribution in [3.05, 3.63) is 48.0 Å². The molecule has 2 N–H and O–H groups in total.